The number of carbonyl (C=O) groups excluding carboxylic acids is 1. The van der Waals surface area contributed by atoms with Crippen molar-refractivity contribution in [1.82, 2.24) is 9.78 Å². The van der Waals surface area contributed by atoms with E-state index in [0.717, 1.165) is 10.7 Å². The molecule has 0 amide bonds. The van der Waals surface area contributed by atoms with Crippen LogP contribution < -0.4 is 0 Å². The lowest BCUT2D eigenvalue weighted by molar-refractivity contribution is -0.137. The summed E-state index contributed by atoms with van der Waals surface area (Å²) in [5.41, 5.74) is -1.15. The number of aldehydes is 1. The second-order valence-electron chi connectivity index (χ2n) is 3.84. The Morgan fingerprint density at radius 3 is 2.53 bits per heavy atom. The predicted octanol–water partition coefficient (Wildman–Crippen LogP) is 3.57. The van der Waals surface area contributed by atoms with Gasteiger partial charge >= 0.3 is 6.18 Å². The number of hydrogen-bond acceptors (Lipinski definition) is 2. The quantitative estimate of drug-likeness (QED) is 0.792. The molecule has 0 N–H and O–H groups in total. The van der Waals surface area contributed by atoms with E-state index in [1.165, 1.54) is 25.2 Å². The van der Waals surface area contributed by atoms with Gasteiger partial charge in [-0.25, -0.2) is 0 Å². The van der Waals surface area contributed by atoms with Gasteiger partial charge in [0.2, 0.25) is 0 Å². The summed E-state index contributed by atoms with van der Waals surface area (Å²) in [4.78, 5) is 11.0. The first-order chi connectivity index (χ1) is 8.86. The Hall–Kier alpha value is -1.82. The predicted molar refractivity (Wildman–Crippen MR) is 64.0 cm³/mol. The number of hydrogen-bond donors (Lipinski definition) is 0. The van der Waals surface area contributed by atoms with Crippen LogP contribution in [0, 0.1) is 0 Å². The molecule has 7 heteroatoms. The molecule has 0 bridgehead atoms. The molecule has 100 valence electrons. The maximum atomic E-state index is 12.9. The van der Waals surface area contributed by atoms with Crippen molar-refractivity contribution < 1.29 is 18.0 Å². The lowest BCUT2D eigenvalue weighted by atomic mass is 10.0. The fraction of sp³-hybridized carbons (Fsp3) is 0.167. The Bertz CT molecular complexity index is 634. The van der Waals surface area contributed by atoms with Gasteiger partial charge in [-0.05, 0) is 6.07 Å². The third-order valence-electron chi connectivity index (χ3n) is 2.62. The lowest BCUT2D eigenvalue weighted by Crippen LogP contribution is -2.07. The molecule has 0 radical (unpaired) electrons. The minimum absolute atomic E-state index is 0.00183. The minimum atomic E-state index is -4.53. The van der Waals surface area contributed by atoms with Gasteiger partial charge in [0.15, 0.2) is 6.29 Å². The Morgan fingerprint density at radius 2 is 1.95 bits per heavy atom. The fourth-order valence-corrected chi connectivity index (χ4v) is 1.93. The molecule has 19 heavy (non-hydrogen) atoms. The van der Waals surface area contributed by atoms with Crippen molar-refractivity contribution in [2.24, 2.45) is 7.05 Å². The highest BCUT2D eigenvalue weighted by atomic mass is 35.5. The van der Waals surface area contributed by atoms with Gasteiger partial charge in [-0.3, -0.25) is 9.48 Å². The summed E-state index contributed by atoms with van der Waals surface area (Å²) in [6, 6.07) is 4.92. The maximum Gasteiger partial charge on any atom is 0.417 e. The van der Waals surface area contributed by atoms with Gasteiger partial charge in [-0.15, -0.1) is 0 Å². The van der Waals surface area contributed by atoms with E-state index in [-0.39, 0.29) is 22.0 Å². The van der Waals surface area contributed by atoms with Crippen LogP contribution in [0.1, 0.15) is 15.9 Å². The zero-order chi connectivity index (χ0) is 14.2. The Morgan fingerprint density at radius 1 is 1.32 bits per heavy atom. The van der Waals surface area contributed by atoms with Gasteiger partial charge in [0.1, 0.15) is 10.8 Å². The van der Waals surface area contributed by atoms with E-state index >= 15 is 0 Å². The Balaban J connectivity index is 2.73. The van der Waals surface area contributed by atoms with E-state index in [1.807, 2.05) is 0 Å². The van der Waals surface area contributed by atoms with E-state index in [0.29, 0.717) is 6.29 Å². The number of benzene rings is 1. The SMILES string of the molecule is Cn1nc(-c2ccccc2C(F)(F)F)c(C=O)c1Cl. The molecule has 0 saturated heterocycles. The number of halogens is 4. The maximum absolute atomic E-state index is 12.9. The highest BCUT2D eigenvalue weighted by Crippen LogP contribution is 2.38. The van der Waals surface area contributed by atoms with E-state index < -0.39 is 11.7 Å². The first-order valence-corrected chi connectivity index (χ1v) is 5.58. The van der Waals surface area contributed by atoms with Crippen LogP contribution in [0.25, 0.3) is 11.3 Å². The molecule has 0 aliphatic heterocycles. The molecular formula is C12H8ClF3N2O. The summed E-state index contributed by atoms with van der Waals surface area (Å²) >= 11 is 5.82. The normalized spacial score (nSPS) is 11.6. The van der Waals surface area contributed by atoms with E-state index in [1.54, 1.807) is 0 Å². The molecule has 0 aliphatic rings. The molecule has 1 aromatic carbocycles. The standard InChI is InChI=1S/C12H8ClF3N2O/c1-18-11(13)8(6-19)10(17-18)7-4-2-3-5-9(7)12(14,15)16/h2-6H,1H3. The minimum Gasteiger partial charge on any atom is -0.298 e. The summed E-state index contributed by atoms with van der Waals surface area (Å²) in [6.07, 6.45) is -4.13. The van der Waals surface area contributed by atoms with Crippen molar-refractivity contribution in [1.29, 1.82) is 0 Å². The third kappa shape index (κ3) is 2.35. The Labute approximate surface area is 111 Å². The highest BCUT2D eigenvalue weighted by Gasteiger charge is 2.34. The number of alkyl halides is 3. The van der Waals surface area contributed by atoms with Gasteiger partial charge in [0.05, 0.1) is 11.1 Å². The second-order valence-corrected chi connectivity index (χ2v) is 4.20. The van der Waals surface area contributed by atoms with Crippen LogP contribution >= 0.6 is 11.6 Å². The van der Waals surface area contributed by atoms with Gasteiger partial charge in [0, 0.05) is 12.6 Å². The zero-order valence-corrected chi connectivity index (χ0v) is 10.5. The van der Waals surface area contributed by atoms with Gasteiger partial charge in [-0.2, -0.15) is 18.3 Å². The van der Waals surface area contributed by atoms with Crippen LogP contribution in [-0.4, -0.2) is 16.1 Å². The zero-order valence-electron chi connectivity index (χ0n) is 9.70. The largest absolute Gasteiger partial charge is 0.417 e. The molecule has 1 heterocycles. The van der Waals surface area contributed by atoms with E-state index in [9.17, 15) is 18.0 Å². The second kappa shape index (κ2) is 4.70. The summed E-state index contributed by atoms with van der Waals surface area (Å²) in [6.45, 7) is 0. The van der Waals surface area contributed by atoms with E-state index in [2.05, 4.69) is 5.10 Å². The topological polar surface area (TPSA) is 34.9 Å². The summed E-state index contributed by atoms with van der Waals surface area (Å²) in [5, 5.41) is 3.88. The van der Waals surface area contributed by atoms with Gasteiger partial charge in [-0.1, -0.05) is 29.8 Å². The van der Waals surface area contributed by atoms with Crippen LogP contribution in [0.3, 0.4) is 0 Å². The molecule has 0 fully saturated rings. The third-order valence-corrected chi connectivity index (χ3v) is 3.07. The van der Waals surface area contributed by atoms with Crippen LogP contribution in [0.15, 0.2) is 24.3 Å². The molecular weight excluding hydrogens is 281 g/mol. The summed E-state index contributed by atoms with van der Waals surface area (Å²) in [7, 11) is 1.45. The van der Waals surface area contributed by atoms with Crippen molar-refractivity contribution in [2.45, 2.75) is 6.18 Å². The van der Waals surface area contributed by atoms with Crippen molar-refractivity contribution >= 4 is 17.9 Å². The smallest absolute Gasteiger partial charge is 0.298 e. The van der Waals surface area contributed by atoms with Crippen molar-refractivity contribution in [3.8, 4) is 11.3 Å². The van der Waals surface area contributed by atoms with Crippen LogP contribution in [0.4, 0.5) is 13.2 Å². The molecule has 0 unspecified atom stereocenters. The van der Waals surface area contributed by atoms with Crippen molar-refractivity contribution in [3.05, 3.63) is 40.5 Å². The van der Waals surface area contributed by atoms with Gasteiger partial charge < -0.3 is 0 Å². The van der Waals surface area contributed by atoms with Crippen LogP contribution in [-0.2, 0) is 13.2 Å². The first-order valence-electron chi connectivity index (χ1n) is 5.20. The molecule has 2 aromatic rings. The molecule has 0 aliphatic carbocycles. The molecule has 3 nitrogen and oxygen atoms in total. The lowest BCUT2D eigenvalue weighted by Gasteiger charge is -2.11. The number of carbonyl (C=O) groups is 1. The number of nitrogens with zero attached hydrogens (tertiary/aromatic N) is 2. The van der Waals surface area contributed by atoms with Gasteiger partial charge in [0.25, 0.3) is 0 Å². The highest BCUT2D eigenvalue weighted by molar-refractivity contribution is 6.32. The molecule has 0 spiro atoms. The molecule has 1 aromatic heterocycles. The van der Waals surface area contributed by atoms with Crippen molar-refractivity contribution in [2.75, 3.05) is 0 Å². The monoisotopic (exact) mass is 288 g/mol. The first kappa shape index (κ1) is 13.6. The summed E-state index contributed by atoms with van der Waals surface area (Å²) in [5.74, 6) is 0. The molecule has 0 atom stereocenters. The number of aromatic nitrogens is 2. The fourth-order valence-electron chi connectivity index (χ4n) is 1.76. The van der Waals surface area contributed by atoms with Crippen LogP contribution in [0.5, 0.6) is 0 Å². The molecule has 0 saturated carbocycles. The van der Waals surface area contributed by atoms with Crippen molar-refractivity contribution in [3.63, 3.8) is 0 Å². The summed E-state index contributed by atoms with van der Waals surface area (Å²) < 4.78 is 39.9. The molecule has 2 rings (SSSR count). The van der Waals surface area contributed by atoms with Crippen LogP contribution in [0.2, 0.25) is 5.15 Å². The number of aryl methyl sites for hydroxylation is 1. The Kier molecular flexibility index (Phi) is 3.36. The average molecular weight is 289 g/mol. The number of rotatable bonds is 2. The van der Waals surface area contributed by atoms with E-state index in [4.69, 9.17) is 11.6 Å². The average Bonchev–Trinajstić information content (AvgIpc) is 2.64.